The molecule has 1 aromatic heterocycles. The number of aliphatic hydroxyl groups excluding tert-OH is 1. The fourth-order valence-electron chi connectivity index (χ4n) is 2.79. The van der Waals surface area contributed by atoms with Gasteiger partial charge in [-0.3, -0.25) is 0 Å². The largest absolute Gasteiger partial charge is 0.478 e. The van der Waals surface area contributed by atoms with E-state index >= 15 is 0 Å². The van der Waals surface area contributed by atoms with E-state index in [9.17, 15) is 22.7 Å². The van der Waals surface area contributed by atoms with Gasteiger partial charge in [-0.25, -0.2) is 31.9 Å². The van der Waals surface area contributed by atoms with Crippen LogP contribution >= 0.6 is 0 Å². The summed E-state index contributed by atoms with van der Waals surface area (Å²) in [7, 11) is -2.28. The molecule has 0 amide bonds. The van der Waals surface area contributed by atoms with Crippen molar-refractivity contribution < 1.29 is 27.8 Å². The molecule has 0 aliphatic rings. The Balaban J connectivity index is 2.65. The Kier molecular flexibility index (Phi) is 8.23. The smallest absolute Gasteiger partial charge is 0.327 e. The predicted molar refractivity (Wildman–Crippen MR) is 121 cm³/mol. The quantitative estimate of drug-likeness (QED) is 0.548. The van der Waals surface area contributed by atoms with Gasteiger partial charge >= 0.3 is 5.97 Å². The number of aliphatic hydroxyl groups is 1. The third-order valence-electron chi connectivity index (χ3n) is 4.53. The zero-order valence-corrected chi connectivity index (χ0v) is 19.0. The maximum absolute atomic E-state index is 13.5. The van der Waals surface area contributed by atoms with Crippen LogP contribution in [-0.2, 0) is 14.8 Å². The molecule has 0 aliphatic carbocycles. The highest BCUT2D eigenvalue weighted by Gasteiger charge is 2.22. The van der Waals surface area contributed by atoms with Gasteiger partial charge in [-0.05, 0) is 36.6 Å². The number of carbonyl (C=O) groups is 1. The van der Waals surface area contributed by atoms with Crippen molar-refractivity contribution in [2.24, 2.45) is 0 Å². The van der Waals surface area contributed by atoms with Crippen LogP contribution in [0.2, 0.25) is 0 Å². The first kappa shape index (κ1) is 25.2. The topological polar surface area (TPSA) is 121 Å². The number of halogens is 1. The minimum absolute atomic E-state index is 0.0300. The summed E-state index contributed by atoms with van der Waals surface area (Å²) in [6.07, 6.45) is 5.52. The molecule has 0 radical (unpaired) electrons. The maximum Gasteiger partial charge on any atom is 0.327 e. The normalized spacial score (nSPS) is 13.2. The van der Waals surface area contributed by atoms with Crippen molar-refractivity contribution in [2.75, 3.05) is 17.6 Å². The van der Waals surface area contributed by atoms with E-state index in [1.54, 1.807) is 6.08 Å². The number of carboxylic acids is 1. The van der Waals surface area contributed by atoms with Gasteiger partial charge in [0.1, 0.15) is 5.82 Å². The molecule has 1 aromatic carbocycles. The molecule has 10 heteroatoms. The van der Waals surface area contributed by atoms with E-state index in [1.165, 1.54) is 43.5 Å². The van der Waals surface area contributed by atoms with Gasteiger partial charge in [-0.1, -0.05) is 32.1 Å². The van der Waals surface area contributed by atoms with Crippen LogP contribution in [0.25, 0.3) is 17.3 Å². The summed E-state index contributed by atoms with van der Waals surface area (Å²) in [5, 5.41) is 18.9. The molecule has 2 rings (SSSR count). The molecular weight excluding hydrogens is 437 g/mol. The Morgan fingerprint density at radius 1 is 1.22 bits per heavy atom. The second-order valence-electron chi connectivity index (χ2n) is 7.47. The lowest BCUT2D eigenvalue weighted by Crippen LogP contribution is -2.27. The molecule has 1 atom stereocenters. The lowest BCUT2D eigenvalue weighted by molar-refractivity contribution is -0.131. The maximum atomic E-state index is 13.5. The fraction of sp³-hybridized carbons (Fsp3) is 0.318. The van der Waals surface area contributed by atoms with Gasteiger partial charge in [-0.15, -0.1) is 0 Å². The van der Waals surface area contributed by atoms with E-state index in [2.05, 4.69) is 9.97 Å². The number of sulfonamides is 1. The third-order valence-corrected chi connectivity index (χ3v) is 5.69. The fourth-order valence-corrected chi connectivity index (χ4v) is 3.17. The summed E-state index contributed by atoms with van der Waals surface area (Å²) < 4.78 is 38.6. The van der Waals surface area contributed by atoms with Gasteiger partial charge in [0.25, 0.3) is 0 Å². The van der Waals surface area contributed by atoms with E-state index < -0.39 is 27.9 Å². The van der Waals surface area contributed by atoms with Crippen LogP contribution in [0.15, 0.2) is 42.5 Å². The van der Waals surface area contributed by atoms with Crippen LogP contribution in [0.4, 0.5) is 10.3 Å². The van der Waals surface area contributed by atoms with E-state index in [0.717, 1.165) is 16.6 Å². The van der Waals surface area contributed by atoms with Gasteiger partial charge < -0.3 is 10.2 Å². The van der Waals surface area contributed by atoms with Crippen LogP contribution in [0.3, 0.4) is 0 Å². The summed E-state index contributed by atoms with van der Waals surface area (Å²) >= 11 is 0. The molecule has 2 N–H and O–H groups in total. The van der Waals surface area contributed by atoms with E-state index in [1.807, 2.05) is 13.8 Å². The third kappa shape index (κ3) is 6.69. The van der Waals surface area contributed by atoms with E-state index in [-0.39, 0.29) is 18.3 Å². The number of aromatic nitrogens is 2. The zero-order chi connectivity index (χ0) is 24.1. The number of hydrogen-bond acceptors (Lipinski definition) is 6. The molecule has 1 heterocycles. The number of aliphatic carboxylic acids is 1. The summed E-state index contributed by atoms with van der Waals surface area (Å²) in [4.78, 5) is 19.5. The summed E-state index contributed by atoms with van der Waals surface area (Å²) in [5.74, 6) is -1.70. The first-order chi connectivity index (χ1) is 14.9. The van der Waals surface area contributed by atoms with Gasteiger partial charge in [0.2, 0.25) is 16.0 Å². The molecule has 172 valence electrons. The number of rotatable bonds is 9. The van der Waals surface area contributed by atoms with Crippen molar-refractivity contribution >= 4 is 28.0 Å². The second-order valence-corrected chi connectivity index (χ2v) is 9.48. The molecule has 0 saturated carbocycles. The highest BCUT2D eigenvalue weighted by Crippen LogP contribution is 2.31. The average molecular weight is 464 g/mol. The van der Waals surface area contributed by atoms with Crippen molar-refractivity contribution in [3.8, 4) is 11.3 Å². The van der Waals surface area contributed by atoms with Crippen molar-refractivity contribution in [1.29, 1.82) is 0 Å². The number of hydrogen-bond donors (Lipinski definition) is 2. The Morgan fingerprint density at radius 3 is 2.38 bits per heavy atom. The van der Waals surface area contributed by atoms with E-state index in [4.69, 9.17) is 5.11 Å². The summed E-state index contributed by atoms with van der Waals surface area (Å²) in [6.45, 7) is 3.76. The number of anilines is 1. The predicted octanol–water partition coefficient (Wildman–Crippen LogP) is 3.21. The monoisotopic (exact) mass is 463 g/mol. The molecule has 32 heavy (non-hydrogen) atoms. The van der Waals surface area contributed by atoms with Gasteiger partial charge in [0, 0.05) is 24.3 Å². The Labute approximate surface area is 186 Å². The van der Waals surface area contributed by atoms with Gasteiger partial charge in [-0.2, -0.15) is 0 Å². The number of benzene rings is 1. The van der Waals surface area contributed by atoms with Crippen LogP contribution in [-0.4, -0.2) is 54.0 Å². The molecule has 0 spiro atoms. The highest BCUT2D eigenvalue weighted by molar-refractivity contribution is 7.92. The summed E-state index contributed by atoms with van der Waals surface area (Å²) in [5.41, 5.74) is 1.99. The molecule has 0 fully saturated rings. The minimum Gasteiger partial charge on any atom is -0.478 e. The van der Waals surface area contributed by atoms with Gasteiger partial charge in [0.15, 0.2) is 0 Å². The SMILES string of the molecule is CC(C)c1nc(N(C)S(C)(=O)=O)nc(-c2ccc(F)cc2)c1/C=C/[C@@H](O)C/C=C/C(=O)O. The molecule has 0 saturated heterocycles. The van der Waals surface area contributed by atoms with Crippen molar-refractivity contribution in [3.05, 3.63) is 59.6 Å². The number of carboxylic acid groups (broad SMARTS) is 1. The van der Waals surface area contributed by atoms with Crippen molar-refractivity contribution in [2.45, 2.75) is 32.3 Å². The minimum atomic E-state index is -3.63. The van der Waals surface area contributed by atoms with Crippen molar-refractivity contribution in [1.82, 2.24) is 9.97 Å². The standard InChI is InChI=1S/C22H26FN3O5S/c1-14(2)20-18(13-12-17(27)6-5-7-19(28)29)21(15-8-10-16(23)11-9-15)25-22(24-20)26(3)32(4,30)31/h5,7-14,17,27H,6H2,1-4H3,(H,28,29)/b7-5+,13-12+/t17-/m0/s1. The molecule has 8 nitrogen and oxygen atoms in total. The van der Waals surface area contributed by atoms with E-state index in [0.29, 0.717) is 22.5 Å². The first-order valence-corrected chi connectivity index (χ1v) is 11.6. The lowest BCUT2D eigenvalue weighted by Gasteiger charge is -2.20. The zero-order valence-electron chi connectivity index (χ0n) is 18.2. The van der Waals surface area contributed by atoms with Crippen LogP contribution < -0.4 is 4.31 Å². The number of nitrogens with zero attached hydrogens (tertiary/aromatic N) is 3. The molecule has 2 aromatic rings. The average Bonchev–Trinajstić information content (AvgIpc) is 2.70. The Bertz CT molecular complexity index is 1130. The Morgan fingerprint density at radius 2 is 1.84 bits per heavy atom. The van der Waals surface area contributed by atoms with Gasteiger partial charge in [0.05, 0.1) is 23.7 Å². The van der Waals surface area contributed by atoms with Crippen LogP contribution in [0, 0.1) is 5.82 Å². The molecule has 0 unspecified atom stereocenters. The van der Waals surface area contributed by atoms with Crippen LogP contribution in [0.1, 0.15) is 37.4 Å². The second kappa shape index (κ2) is 10.5. The highest BCUT2D eigenvalue weighted by atomic mass is 32.2. The molecular formula is C22H26FN3O5S. The van der Waals surface area contributed by atoms with Crippen molar-refractivity contribution in [3.63, 3.8) is 0 Å². The molecule has 0 bridgehead atoms. The summed E-state index contributed by atoms with van der Waals surface area (Å²) in [6, 6.07) is 5.59. The Hall–Kier alpha value is -3.11. The lowest BCUT2D eigenvalue weighted by atomic mass is 9.97. The van der Waals surface area contributed by atoms with Crippen LogP contribution in [0.5, 0.6) is 0 Å². The molecule has 0 aliphatic heterocycles. The first-order valence-electron chi connectivity index (χ1n) is 9.77.